The van der Waals surface area contributed by atoms with Gasteiger partial charge in [-0.2, -0.15) is 0 Å². The van der Waals surface area contributed by atoms with Crippen LogP contribution in [0.15, 0.2) is 110 Å². The number of nitrogens with zero attached hydrogens (tertiary/aromatic N) is 2. The minimum absolute atomic E-state index is 0.0658. The number of benzene rings is 2. The highest BCUT2D eigenvalue weighted by atomic mass is 16.3. The Kier molecular flexibility index (Phi) is 5.71. The average molecular weight is 436 g/mol. The van der Waals surface area contributed by atoms with Crippen LogP contribution in [-0.4, -0.2) is 21.0 Å². The highest BCUT2D eigenvalue weighted by Gasteiger charge is 2.48. The molecule has 1 aliphatic carbocycles. The standard InChI is InChI=1S/C28H25N3O2/c32-27(25-17-24(25)20-9-3-1-4-10-20)31-26(21-11-5-2-6-12-21)28(33,22-13-7-15-29-18-22)23-14-8-16-30-19-23/h1-16,18-19,24-26,33H,17H2,(H,31,32)/t24-,25+,26+/m0/s1. The number of amides is 1. The second-order valence-corrected chi connectivity index (χ2v) is 8.46. The molecule has 2 heterocycles. The van der Waals surface area contributed by atoms with Gasteiger partial charge >= 0.3 is 0 Å². The first-order valence-corrected chi connectivity index (χ1v) is 11.1. The Balaban J connectivity index is 1.54. The van der Waals surface area contributed by atoms with Crippen molar-refractivity contribution in [2.24, 2.45) is 5.92 Å². The zero-order valence-corrected chi connectivity index (χ0v) is 18.1. The highest BCUT2D eigenvalue weighted by molar-refractivity contribution is 5.83. The maximum atomic E-state index is 13.4. The lowest BCUT2D eigenvalue weighted by Gasteiger charge is -2.37. The molecule has 0 saturated heterocycles. The molecule has 3 atom stereocenters. The quantitative estimate of drug-likeness (QED) is 0.452. The van der Waals surface area contributed by atoms with Crippen molar-refractivity contribution in [3.8, 4) is 0 Å². The first-order chi connectivity index (χ1) is 16.2. The van der Waals surface area contributed by atoms with Gasteiger partial charge < -0.3 is 10.4 Å². The lowest BCUT2D eigenvalue weighted by atomic mass is 9.78. The molecule has 5 nitrogen and oxygen atoms in total. The zero-order valence-electron chi connectivity index (χ0n) is 18.1. The molecule has 2 aromatic carbocycles. The minimum atomic E-state index is -1.56. The molecule has 4 aromatic rings. The summed E-state index contributed by atoms with van der Waals surface area (Å²) in [6.45, 7) is 0. The fourth-order valence-corrected chi connectivity index (χ4v) is 4.55. The Labute approximate surface area is 193 Å². The molecule has 1 saturated carbocycles. The van der Waals surface area contributed by atoms with Crippen molar-refractivity contribution in [2.75, 3.05) is 0 Å². The maximum Gasteiger partial charge on any atom is 0.224 e. The number of aromatic nitrogens is 2. The molecule has 33 heavy (non-hydrogen) atoms. The fourth-order valence-electron chi connectivity index (χ4n) is 4.55. The summed E-state index contributed by atoms with van der Waals surface area (Å²) in [4.78, 5) is 21.9. The summed E-state index contributed by atoms with van der Waals surface area (Å²) in [5.41, 5.74) is 1.59. The largest absolute Gasteiger partial charge is 0.378 e. The van der Waals surface area contributed by atoms with Crippen LogP contribution < -0.4 is 5.32 Å². The van der Waals surface area contributed by atoms with E-state index in [1.165, 1.54) is 5.56 Å². The van der Waals surface area contributed by atoms with Gasteiger partial charge in [-0.3, -0.25) is 14.8 Å². The normalized spacial score (nSPS) is 18.3. The van der Waals surface area contributed by atoms with Crippen LogP contribution in [0.3, 0.4) is 0 Å². The van der Waals surface area contributed by atoms with Gasteiger partial charge in [-0.25, -0.2) is 0 Å². The van der Waals surface area contributed by atoms with E-state index in [1.54, 1.807) is 36.9 Å². The van der Waals surface area contributed by atoms with Crippen LogP contribution in [0.4, 0.5) is 0 Å². The van der Waals surface area contributed by atoms with E-state index >= 15 is 0 Å². The first-order valence-electron chi connectivity index (χ1n) is 11.1. The van der Waals surface area contributed by atoms with E-state index < -0.39 is 11.6 Å². The highest BCUT2D eigenvalue weighted by Crippen LogP contribution is 2.48. The van der Waals surface area contributed by atoms with Crippen LogP contribution in [0.5, 0.6) is 0 Å². The van der Waals surface area contributed by atoms with E-state index in [9.17, 15) is 9.90 Å². The lowest BCUT2D eigenvalue weighted by molar-refractivity contribution is -0.125. The molecule has 164 valence electrons. The molecule has 1 fully saturated rings. The van der Waals surface area contributed by atoms with Gasteiger partial charge in [0.05, 0.1) is 6.04 Å². The molecule has 0 unspecified atom stereocenters. The Bertz CT molecular complexity index is 1160. The van der Waals surface area contributed by atoms with Gasteiger partial charge in [0.15, 0.2) is 0 Å². The summed E-state index contributed by atoms with van der Waals surface area (Å²) in [7, 11) is 0. The van der Waals surface area contributed by atoms with Gasteiger partial charge in [0.2, 0.25) is 5.91 Å². The van der Waals surface area contributed by atoms with Crippen molar-refractivity contribution in [3.63, 3.8) is 0 Å². The molecular weight excluding hydrogens is 410 g/mol. The Morgan fingerprint density at radius 3 is 1.97 bits per heavy atom. The van der Waals surface area contributed by atoms with Crippen molar-refractivity contribution in [1.82, 2.24) is 15.3 Å². The minimum Gasteiger partial charge on any atom is -0.378 e. The van der Waals surface area contributed by atoms with E-state index in [0.717, 1.165) is 12.0 Å². The molecule has 0 aliphatic heterocycles. The molecule has 0 radical (unpaired) electrons. The Morgan fingerprint density at radius 1 is 0.848 bits per heavy atom. The van der Waals surface area contributed by atoms with Crippen molar-refractivity contribution >= 4 is 5.91 Å². The first kappa shape index (κ1) is 21.0. The molecule has 1 amide bonds. The summed E-state index contributed by atoms with van der Waals surface area (Å²) in [5, 5.41) is 15.5. The van der Waals surface area contributed by atoms with Crippen LogP contribution >= 0.6 is 0 Å². The Morgan fingerprint density at radius 2 is 1.42 bits per heavy atom. The number of hydrogen-bond acceptors (Lipinski definition) is 4. The molecule has 1 aliphatic rings. The van der Waals surface area contributed by atoms with E-state index in [2.05, 4.69) is 27.4 Å². The molecule has 5 heteroatoms. The van der Waals surface area contributed by atoms with Gasteiger partial charge in [-0.05, 0) is 35.6 Å². The molecule has 2 aromatic heterocycles. The molecular formula is C28H25N3O2. The zero-order chi connectivity index (χ0) is 22.7. The second kappa shape index (κ2) is 8.96. The van der Waals surface area contributed by atoms with Crippen molar-refractivity contribution in [2.45, 2.75) is 24.0 Å². The molecule has 0 bridgehead atoms. The lowest BCUT2D eigenvalue weighted by Crippen LogP contribution is -2.45. The van der Waals surface area contributed by atoms with E-state index in [0.29, 0.717) is 11.1 Å². The SMILES string of the molecule is O=C(N[C@H](c1ccccc1)C(O)(c1cccnc1)c1cccnc1)[C@@H]1C[C@H]1c1ccccc1. The number of rotatable bonds is 7. The number of carbonyl (C=O) groups is 1. The number of nitrogens with one attached hydrogen (secondary N) is 1. The Hall–Kier alpha value is -3.83. The number of aliphatic hydroxyl groups is 1. The number of hydrogen-bond donors (Lipinski definition) is 2. The summed E-state index contributed by atoms with van der Waals surface area (Å²) < 4.78 is 0. The maximum absolute atomic E-state index is 13.4. The van der Waals surface area contributed by atoms with E-state index in [-0.39, 0.29) is 17.7 Å². The third-order valence-electron chi connectivity index (χ3n) is 6.40. The van der Waals surface area contributed by atoms with E-state index in [1.807, 2.05) is 60.7 Å². The third kappa shape index (κ3) is 4.15. The summed E-state index contributed by atoms with van der Waals surface area (Å²) in [6.07, 6.45) is 7.41. The predicted molar refractivity (Wildman–Crippen MR) is 126 cm³/mol. The summed E-state index contributed by atoms with van der Waals surface area (Å²) in [5.74, 6) is 0.0158. The van der Waals surface area contributed by atoms with Gasteiger partial charge in [-0.15, -0.1) is 0 Å². The van der Waals surface area contributed by atoms with Gasteiger partial charge in [0.25, 0.3) is 0 Å². The van der Waals surface area contributed by atoms with Gasteiger partial charge in [-0.1, -0.05) is 72.8 Å². The van der Waals surface area contributed by atoms with Crippen LogP contribution in [0, 0.1) is 5.92 Å². The van der Waals surface area contributed by atoms with Gasteiger partial charge in [0.1, 0.15) is 5.60 Å². The topological polar surface area (TPSA) is 75.1 Å². The fraction of sp³-hybridized carbons (Fsp3) is 0.179. The monoisotopic (exact) mass is 435 g/mol. The van der Waals surface area contributed by atoms with Crippen LogP contribution in [0.2, 0.25) is 0 Å². The van der Waals surface area contributed by atoms with Crippen LogP contribution in [0.1, 0.15) is 40.6 Å². The van der Waals surface area contributed by atoms with Crippen LogP contribution in [-0.2, 0) is 10.4 Å². The molecule has 2 N–H and O–H groups in total. The predicted octanol–water partition coefficient (Wildman–Crippen LogP) is 4.37. The average Bonchev–Trinajstić information content (AvgIpc) is 3.70. The van der Waals surface area contributed by atoms with E-state index in [4.69, 9.17) is 0 Å². The second-order valence-electron chi connectivity index (χ2n) is 8.46. The smallest absolute Gasteiger partial charge is 0.224 e. The van der Waals surface area contributed by atoms with Crippen molar-refractivity contribution in [3.05, 3.63) is 132 Å². The van der Waals surface area contributed by atoms with Gasteiger partial charge in [0, 0.05) is 41.8 Å². The summed E-state index contributed by atoms with van der Waals surface area (Å²) >= 11 is 0. The number of pyridine rings is 2. The molecule has 5 rings (SSSR count). The number of carbonyl (C=O) groups excluding carboxylic acids is 1. The van der Waals surface area contributed by atoms with Crippen molar-refractivity contribution in [1.29, 1.82) is 0 Å². The summed E-state index contributed by atoms with van der Waals surface area (Å²) in [6, 6.07) is 26.2. The van der Waals surface area contributed by atoms with Crippen molar-refractivity contribution < 1.29 is 9.90 Å². The van der Waals surface area contributed by atoms with Crippen LogP contribution in [0.25, 0.3) is 0 Å². The third-order valence-corrected chi connectivity index (χ3v) is 6.40. The molecule has 0 spiro atoms.